The Morgan fingerprint density at radius 2 is 1.93 bits per heavy atom. The van der Waals surface area contributed by atoms with Gasteiger partial charge in [0.2, 0.25) is 5.91 Å². The Kier molecular flexibility index (Phi) is 6.15. The van der Waals surface area contributed by atoms with Crippen molar-refractivity contribution in [2.75, 3.05) is 11.1 Å². The first kappa shape index (κ1) is 19.7. The van der Waals surface area contributed by atoms with Crippen molar-refractivity contribution in [2.45, 2.75) is 32.1 Å². The summed E-state index contributed by atoms with van der Waals surface area (Å²) in [6.45, 7) is 5.37. The SMILES string of the molecule is Cc1occc1-c1nnc(SCC(=O)Nc2ccc(C(=O)OC(C)C)cc2)o1. The molecule has 0 aliphatic heterocycles. The summed E-state index contributed by atoms with van der Waals surface area (Å²) in [6.07, 6.45) is 1.36. The van der Waals surface area contributed by atoms with Crippen LogP contribution in [0.25, 0.3) is 11.5 Å². The van der Waals surface area contributed by atoms with Crippen molar-refractivity contribution in [1.29, 1.82) is 0 Å². The predicted molar refractivity (Wildman–Crippen MR) is 103 cm³/mol. The zero-order chi connectivity index (χ0) is 20.1. The molecule has 0 aliphatic rings. The molecule has 2 heterocycles. The Bertz CT molecular complexity index is 962. The molecular weight excluding hydrogens is 382 g/mol. The van der Waals surface area contributed by atoms with Crippen LogP contribution in [0.2, 0.25) is 0 Å². The van der Waals surface area contributed by atoms with Gasteiger partial charge in [-0.1, -0.05) is 11.8 Å². The monoisotopic (exact) mass is 401 g/mol. The average molecular weight is 401 g/mol. The van der Waals surface area contributed by atoms with E-state index in [1.165, 1.54) is 0 Å². The Labute approximate surface area is 165 Å². The van der Waals surface area contributed by atoms with Crippen molar-refractivity contribution in [3.05, 3.63) is 47.9 Å². The van der Waals surface area contributed by atoms with E-state index in [9.17, 15) is 9.59 Å². The number of thioether (sulfide) groups is 1. The summed E-state index contributed by atoms with van der Waals surface area (Å²) in [5.74, 6) is 0.491. The van der Waals surface area contributed by atoms with Gasteiger partial charge >= 0.3 is 5.97 Å². The van der Waals surface area contributed by atoms with Crippen LogP contribution < -0.4 is 5.32 Å². The number of esters is 1. The molecule has 0 fully saturated rings. The van der Waals surface area contributed by atoms with E-state index in [0.717, 1.165) is 17.3 Å². The lowest BCUT2D eigenvalue weighted by Crippen LogP contribution is -2.14. The lowest BCUT2D eigenvalue weighted by Gasteiger charge is -2.08. The Morgan fingerprint density at radius 3 is 2.57 bits per heavy atom. The fourth-order valence-electron chi connectivity index (χ4n) is 2.28. The van der Waals surface area contributed by atoms with Crippen LogP contribution in [0.3, 0.4) is 0 Å². The largest absolute Gasteiger partial charge is 0.469 e. The molecular formula is C19H19N3O5S. The molecule has 0 atom stereocenters. The number of aromatic nitrogens is 2. The minimum Gasteiger partial charge on any atom is -0.469 e. The van der Waals surface area contributed by atoms with Crippen LogP contribution >= 0.6 is 11.8 Å². The lowest BCUT2D eigenvalue weighted by molar-refractivity contribution is -0.113. The third-order valence-corrected chi connectivity index (χ3v) is 4.39. The molecule has 0 aliphatic carbocycles. The van der Waals surface area contributed by atoms with Gasteiger partial charge in [-0.05, 0) is 51.1 Å². The Balaban J connectivity index is 1.51. The molecule has 3 rings (SSSR count). The van der Waals surface area contributed by atoms with Crippen molar-refractivity contribution in [1.82, 2.24) is 10.2 Å². The molecule has 1 N–H and O–H groups in total. The van der Waals surface area contributed by atoms with Crippen molar-refractivity contribution in [2.24, 2.45) is 0 Å². The summed E-state index contributed by atoms with van der Waals surface area (Å²) in [6, 6.07) is 8.23. The summed E-state index contributed by atoms with van der Waals surface area (Å²) in [5.41, 5.74) is 1.72. The van der Waals surface area contributed by atoms with E-state index >= 15 is 0 Å². The number of carbonyl (C=O) groups excluding carboxylic acids is 2. The molecule has 1 amide bonds. The molecule has 2 aromatic heterocycles. The summed E-state index contributed by atoms with van der Waals surface area (Å²) < 4.78 is 15.9. The molecule has 9 heteroatoms. The number of nitrogens with zero attached hydrogens (tertiary/aromatic N) is 2. The maximum absolute atomic E-state index is 12.1. The highest BCUT2D eigenvalue weighted by Crippen LogP contribution is 2.26. The third-order valence-electron chi connectivity index (χ3n) is 3.57. The van der Waals surface area contributed by atoms with Gasteiger partial charge in [0.25, 0.3) is 11.1 Å². The van der Waals surface area contributed by atoms with Gasteiger partial charge in [0.1, 0.15) is 5.76 Å². The predicted octanol–water partition coefficient (Wildman–Crippen LogP) is 3.93. The van der Waals surface area contributed by atoms with E-state index in [-0.39, 0.29) is 23.0 Å². The number of benzene rings is 1. The zero-order valence-electron chi connectivity index (χ0n) is 15.6. The van der Waals surface area contributed by atoms with Gasteiger partial charge in [-0.15, -0.1) is 10.2 Å². The average Bonchev–Trinajstić information content (AvgIpc) is 3.28. The van der Waals surface area contributed by atoms with Crippen LogP contribution in [0.15, 0.2) is 50.7 Å². The number of amides is 1. The van der Waals surface area contributed by atoms with Crippen LogP contribution in [-0.2, 0) is 9.53 Å². The summed E-state index contributed by atoms with van der Waals surface area (Å²) in [4.78, 5) is 23.9. The first-order valence-electron chi connectivity index (χ1n) is 8.54. The Hall–Kier alpha value is -3.07. The van der Waals surface area contributed by atoms with Crippen LogP contribution in [0.1, 0.15) is 30.0 Å². The number of hydrogen-bond donors (Lipinski definition) is 1. The fourth-order valence-corrected chi connectivity index (χ4v) is 2.84. The maximum Gasteiger partial charge on any atom is 0.338 e. The molecule has 0 spiro atoms. The highest BCUT2D eigenvalue weighted by atomic mass is 32.2. The number of hydrogen-bond acceptors (Lipinski definition) is 8. The number of carbonyl (C=O) groups is 2. The Morgan fingerprint density at radius 1 is 1.18 bits per heavy atom. The summed E-state index contributed by atoms with van der Waals surface area (Å²) in [5, 5.41) is 10.9. The summed E-state index contributed by atoms with van der Waals surface area (Å²) >= 11 is 1.13. The first-order chi connectivity index (χ1) is 13.4. The summed E-state index contributed by atoms with van der Waals surface area (Å²) in [7, 11) is 0. The topological polar surface area (TPSA) is 107 Å². The number of rotatable bonds is 7. The van der Waals surface area contributed by atoms with Gasteiger partial charge in [-0.25, -0.2) is 4.79 Å². The number of anilines is 1. The van der Waals surface area contributed by atoms with E-state index in [1.807, 2.05) is 0 Å². The van der Waals surface area contributed by atoms with E-state index in [0.29, 0.717) is 22.9 Å². The molecule has 0 radical (unpaired) electrons. The molecule has 8 nitrogen and oxygen atoms in total. The number of furan rings is 1. The van der Waals surface area contributed by atoms with Crippen LogP contribution in [0.4, 0.5) is 5.69 Å². The van der Waals surface area contributed by atoms with E-state index in [1.54, 1.807) is 57.4 Å². The van der Waals surface area contributed by atoms with Crippen LogP contribution in [-0.4, -0.2) is 33.9 Å². The molecule has 0 saturated carbocycles. The maximum atomic E-state index is 12.1. The van der Waals surface area contributed by atoms with Crippen molar-refractivity contribution in [3.63, 3.8) is 0 Å². The highest BCUT2D eigenvalue weighted by molar-refractivity contribution is 7.99. The fraction of sp³-hybridized carbons (Fsp3) is 0.263. The van der Waals surface area contributed by atoms with Gasteiger partial charge in [0, 0.05) is 5.69 Å². The van der Waals surface area contributed by atoms with Gasteiger partial charge < -0.3 is 18.9 Å². The van der Waals surface area contributed by atoms with Crippen molar-refractivity contribution in [3.8, 4) is 11.5 Å². The molecule has 146 valence electrons. The highest BCUT2D eigenvalue weighted by Gasteiger charge is 2.15. The first-order valence-corrected chi connectivity index (χ1v) is 9.52. The van der Waals surface area contributed by atoms with E-state index in [2.05, 4.69) is 15.5 Å². The standard InChI is InChI=1S/C19H19N3O5S/c1-11(2)26-18(24)13-4-6-14(7-5-13)20-16(23)10-28-19-22-21-17(27-19)15-8-9-25-12(15)3/h4-9,11H,10H2,1-3H3,(H,20,23). The minimum atomic E-state index is -0.400. The molecule has 0 unspecified atom stereocenters. The van der Waals surface area contributed by atoms with Gasteiger partial charge in [-0.2, -0.15) is 0 Å². The van der Waals surface area contributed by atoms with E-state index < -0.39 is 5.97 Å². The smallest absolute Gasteiger partial charge is 0.338 e. The van der Waals surface area contributed by atoms with Gasteiger partial charge in [0.15, 0.2) is 0 Å². The van der Waals surface area contributed by atoms with Gasteiger partial charge in [-0.3, -0.25) is 4.79 Å². The molecule has 1 aromatic carbocycles. The zero-order valence-corrected chi connectivity index (χ0v) is 16.4. The minimum absolute atomic E-state index is 0.100. The van der Waals surface area contributed by atoms with Crippen LogP contribution in [0, 0.1) is 6.92 Å². The van der Waals surface area contributed by atoms with Crippen molar-refractivity contribution < 1.29 is 23.2 Å². The number of nitrogens with one attached hydrogen (secondary N) is 1. The second-order valence-electron chi connectivity index (χ2n) is 6.13. The third kappa shape index (κ3) is 5.01. The molecule has 0 bridgehead atoms. The normalized spacial score (nSPS) is 10.9. The molecule has 3 aromatic rings. The second kappa shape index (κ2) is 8.75. The lowest BCUT2D eigenvalue weighted by atomic mass is 10.2. The molecule has 28 heavy (non-hydrogen) atoms. The number of aryl methyl sites for hydroxylation is 1. The van der Waals surface area contributed by atoms with Crippen LogP contribution in [0.5, 0.6) is 0 Å². The quantitative estimate of drug-likeness (QED) is 0.469. The van der Waals surface area contributed by atoms with Gasteiger partial charge in [0.05, 0.1) is 29.2 Å². The van der Waals surface area contributed by atoms with Crippen molar-refractivity contribution >= 4 is 29.3 Å². The van der Waals surface area contributed by atoms with E-state index in [4.69, 9.17) is 13.6 Å². The number of ether oxygens (including phenoxy) is 1. The molecule has 0 saturated heterocycles. The second-order valence-corrected chi connectivity index (χ2v) is 7.06.